The molecule has 1 fully saturated rings. The summed E-state index contributed by atoms with van der Waals surface area (Å²) in [6.07, 6.45) is 6.01. The van der Waals surface area contributed by atoms with E-state index < -0.39 is 5.91 Å². The van der Waals surface area contributed by atoms with Crippen LogP contribution in [0.1, 0.15) is 67.3 Å². The van der Waals surface area contributed by atoms with Crippen molar-refractivity contribution in [2.45, 2.75) is 59.3 Å². The van der Waals surface area contributed by atoms with Crippen LogP contribution in [0.4, 0.5) is 5.00 Å². The van der Waals surface area contributed by atoms with E-state index in [9.17, 15) is 9.59 Å². The predicted molar refractivity (Wildman–Crippen MR) is 93.8 cm³/mol. The number of thiophene rings is 1. The van der Waals surface area contributed by atoms with Crippen LogP contribution in [0, 0.1) is 17.3 Å². The van der Waals surface area contributed by atoms with Crippen LogP contribution in [0.3, 0.4) is 0 Å². The highest BCUT2D eigenvalue weighted by atomic mass is 32.1. The summed E-state index contributed by atoms with van der Waals surface area (Å²) in [5.74, 6) is 0.367. The summed E-state index contributed by atoms with van der Waals surface area (Å²) >= 11 is 1.56. The van der Waals surface area contributed by atoms with Crippen LogP contribution >= 0.6 is 11.3 Å². The van der Waals surface area contributed by atoms with Crippen LogP contribution in [0.2, 0.25) is 0 Å². The smallest absolute Gasteiger partial charge is 0.251 e. The van der Waals surface area contributed by atoms with Gasteiger partial charge >= 0.3 is 0 Å². The summed E-state index contributed by atoms with van der Waals surface area (Å²) < 4.78 is 0. The monoisotopic (exact) mass is 334 g/mol. The zero-order chi connectivity index (χ0) is 16.8. The summed E-state index contributed by atoms with van der Waals surface area (Å²) in [6.45, 7) is 6.88. The number of fused-ring (bicyclic) bond motifs is 1. The molecule has 4 nitrogen and oxygen atoms in total. The number of nitrogens with two attached hydrogens (primary N) is 1. The number of hydrogen-bond acceptors (Lipinski definition) is 3. The van der Waals surface area contributed by atoms with Gasteiger partial charge in [0.2, 0.25) is 5.91 Å². The highest BCUT2D eigenvalue weighted by molar-refractivity contribution is 7.17. The van der Waals surface area contributed by atoms with Crippen LogP contribution in [-0.2, 0) is 17.6 Å². The highest BCUT2D eigenvalue weighted by Gasteiger charge is 2.36. The molecule has 0 bridgehead atoms. The number of amides is 2. The molecule has 23 heavy (non-hydrogen) atoms. The third-order valence-electron chi connectivity index (χ3n) is 5.71. The third-order valence-corrected chi connectivity index (χ3v) is 6.88. The van der Waals surface area contributed by atoms with Gasteiger partial charge in [0.15, 0.2) is 0 Å². The van der Waals surface area contributed by atoms with Crippen LogP contribution in [-0.4, -0.2) is 11.8 Å². The van der Waals surface area contributed by atoms with Gasteiger partial charge in [-0.1, -0.05) is 27.2 Å². The number of primary amides is 1. The van der Waals surface area contributed by atoms with Gasteiger partial charge in [-0.25, -0.2) is 0 Å². The van der Waals surface area contributed by atoms with Gasteiger partial charge in [0.05, 0.1) is 5.56 Å². The number of anilines is 1. The molecular formula is C18H26N2O2S. The molecule has 0 radical (unpaired) electrons. The molecule has 2 amide bonds. The standard InChI is InChI=1S/C18H26N2O2S/c1-4-18(2,3)11-7-8-12-13(9-11)23-17(14(12)15(19)21)20-16(22)10-5-6-10/h10-11H,4-9H2,1-3H3,(H2,19,21)(H,20,22). The lowest BCUT2D eigenvalue weighted by Crippen LogP contribution is -2.29. The maximum Gasteiger partial charge on any atom is 0.251 e. The molecule has 1 unspecified atom stereocenters. The fraction of sp³-hybridized carbons (Fsp3) is 0.667. The Balaban J connectivity index is 1.89. The Morgan fingerprint density at radius 2 is 2.00 bits per heavy atom. The second-order valence-corrected chi connectivity index (χ2v) is 8.72. The fourth-order valence-corrected chi connectivity index (χ4v) is 4.79. The van der Waals surface area contributed by atoms with E-state index in [1.54, 1.807) is 11.3 Å². The van der Waals surface area contributed by atoms with Crippen molar-refractivity contribution in [2.24, 2.45) is 23.0 Å². The summed E-state index contributed by atoms with van der Waals surface area (Å²) in [5.41, 5.74) is 7.55. The molecule has 0 aromatic carbocycles. The van der Waals surface area contributed by atoms with Crippen molar-refractivity contribution in [3.8, 4) is 0 Å². The molecule has 1 atom stereocenters. The van der Waals surface area contributed by atoms with E-state index in [4.69, 9.17) is 5.73 Å². The highest BCUT2D eigenvalue weighted by Crippen LogP contribution is 2.45. The lowest BCUT2D eigenvalue weighted by Gasteiger charge is -2.36. The van der Waals surface area contributed by atoms with Crippen molar-refractivity contribution < 1.29 is 9.59 Å². The third kappa shape index (κ3) is 3.16. The average molecular weight is 334 g/mol. The van der Waals surface area contributed by atoms with Gasteiger partial charge in [0.25, 0.3) is 5.91 Å². The molecule has 3 rings (SSSR count). The molecule has 0 aliphatic heterocycles. The molecule has 1 saturated carbocycles. The van der Waals surface area contributed by atoms with E-state index in [1.807, 2.05) is 0 Å². The van der Waals surface area contributed by atoms with Crippen molar-refractivity contribution >= 4 is 28.2 Å². The average Bonchev–Trinajstić information content (AvgIpc) is 3.28. The first-order valence-electron chi connectivity index (χ1n) is 8.58. The number of carbonyl (C=O) groups is 2. The largest absolute Gasteiger partial charge is 0.365 e. The van der Waals surface area contributed by atoms with Gasteiger partial charge in [0.1, 0.15) is 5.00 Å². The summed E-state index contributed by atoms with van der Waals surface area (Å²) in [7, 11) is 0. The Morgan fingerprint density at radius 1 is 1.30 bits per heavy atom. The van der Waals surface area contributed by atoms with Crippen molar-refractivity contribution in [1.82, 2.24) is 0 Å². The summed E-state index contributed by atoms with van der Waals surface area (Å²) in [6, 6.07) is 0. The maximum atomic E-state index is 12.1. The quantitative estimate of drug-likeness (QED) is 0.861. The van der Waals surface area contributed by atoms with Crippen molar-refractivity contribution in [2.75, 3.05) is 5.32 Å². The molecule has 1 aromatic rings. The number of rotatable bonds is 5. The Morgan fingerprint density at radius 3 is 2.57 bits per heavy atom. The molecule has 2 aliphatic carbocycles. The summed E-state index contributed by atoms with van der Waals surface area (Å²) in [4.78, 5) is 25.2. The molecule has 1 heterocycles. The van der Waals surface area contributed by atoms with E-state index >= 15 is 0 Å². The zero-order valence-corrected chi connectivity index (χ0v) is 15.0. The van der Waals surface area contributed by atoms with Crippen LogP contribution in [0.15, 0.2) is 0 Å². The van der Waals surface area contributed by atoms with E-state index in [1.165, 1.54) is 4.88 Å². The Kier molecular flexibility index (Phi) is 4.25. The number of carbonyl (C=O) groups excluding carboxylic acids is 2. The normalized spacial score (nSPS) is 20.9. The van der Waals surface area contributed by atoms with Crippen LogP contribution in [0.5, 0.6) is 0 Å². The first-order valence-corrected chi connectivity index (χ1v) is 9.40. The van der Waals surface area contributed by atoms with E-state index in [0.717, 1.165) is 44.1 Å². The lowest BCUT2D eigenvalue weighted by molar-refractivity contribution is -0.117. The van der Waals surface area contributed by atoms with Gasteiger partial charge in [-0.2, -0.15) is 0 Å². The Labute approximate surface area is 141 Å². The van der Waals surface area contributed by atoms with E-state index in [0.29, 0.717) is 21.9 Å². The van der Waals surface area contributed by atoms with E-state index in [2.05, 4.69) is 26.1 Å². The molecule has 2 aliphatic rings. The first kappa shape index (κ1) is 16.5. The molecular weight excluding hydrogens is 308 g/mol. The van der Waals surface area contributed by atoms with E-state index in [-0.39, 0.29) is 11.8 Å². The SMILES string of the molecule is CCC(C)(C)C1CCc2c(sc(NC(=O)C3CC3)c2C(N)=O)C1. The van der Waals surface area contributed by atoms with Crippen LogP contribution < -0.4 is 11.1 Å². The molecule has 5 heteroatoms. The van der Waals surface area contributed by atoms with Gasteiger partial charge in [-0.05, 0) is 49.0 Å². The second kappa shape index (κ2) is 5.93. The molecule has 126 valence electrons. The van der Waals surface area contributed by atoms with Crippen molar-refractivity contribution in [3.63, 3.8) is 0 Å². The molecule has 0 saturated heterocycles. The second-order valence-electron chi connectivity index (χ2n) is 7.62. The first-order chi connectivity index (χ1) is 10.8. The van der Waals surface area contributed by atoms with Crippen molar-refractivity contribution in [1.29, 1.82) is 0 Å². The topological polar surface area (TPSA) is 72.2 Å². The predicted octanol–water partition coefficient (Wildman–Crippen LogP) is 3.74. The van der Waals surface area contributed by atoms with Gasteiger partial charge < -0.3 is 11.1 Å². The van der Waals surface area contributed by atoms with Gasteiger partial charge in [-0.3, -0.25) is 9.59 Å². The fourth-order valence-electron chi connectivity index (χ4n) is 3.45. The molecule has 0 spiro atoms. The Hall–Kier alpha value is -1.36. The van der Waals surface area contributed by atoms with Gasteiger partial charge in [-0.15, -0.1) is 11.3 Å². The number of nitrogens with one attached hydrogen (secondary N) is 1. The molecule has 3 N–H and O–H groups in total. The Bertz CT molecular complexity index is 644. The summed E-state index contributed by atoms with van der Waals surface area (Å²) in [5, 5.41) is 3.63. The zero-order valence-electron chi connectivity index (χ0n) is 14.2. The number of hydrogen-bond donors (Lipinski definition) is 2. The van der Waals surface area contributed by atoms with Crippen LogP contribution in [0.25, 0.3) is 0 Å². The lowest BCUT2D eigenvalue weighted by atomic mass is 9.69. The minimum Gasteiger partial charge on any atom is -0.365 e. The minimum absolute atomic E-state index is 0.0385. The molecule has 1 aromatic heterocycles. The van der Waals surface area contributed by atoms with Gasteiger partial charge in [0, 0.05) is 10.8 Å². The maximum absolute atomic E-state index is 12.1. The minimum atomic E-state index is -0.415. The van der Waals surface area contributed by atoms with Crippen molar-refractivity contribution in [3.05, 3.63) is 16.0 Å².